The summed E-state index contributed by atoms with van der Waals surface area (Å²) in [6.45, 7) is 6.88. The third-order valence-electron chi connectivity index (χ3n) is 1.65. The van der Waals surface area contributed by atoms with Crippen molar-refractivity contribution in [2.24, 2.45) is 0 Å². The first-order chi connectivity index (χ1) is 6.16. The highest BCUT2D eigenvalue weighted by atomic mass is 16.1. The van der Waals surface area contributed by atoms with E-state index < -0.39 is 0 Å². The molecule has 0 saturated heterocycles. The van der Waals surface area contributed by atoms with Crippen molar-refractivity contribution in [1.29, 1.82) is 0 Å². The van der Waals surface area contributed by atoms with E-state index in [9.17, 15) is 4.79 Å². The molecule has 0 heterocycles. The molecule has 0 amide bonds. The molecule has 0 aromatic carbocycles. The van der Waals surface area contributed by atoms with Gasteiger partial charge in [-0.15, -0.1) is 5.92 Å². The monoisotopic (exact) mass is 181 g/mol. The van der Waals surface area contributed by atoms with Gasteiger partial charge in [-0.1, -0.05) is 19.8 Å². The summed E-state index contributed by atoms with van der Waals surface area (Å²) < 4.78 is 0. The van der Waals surface area contributed by atoms with E-state index in [0.29, 0.717) is 18.9 Å². The lowest BCUT2D eigenvalue weighted by molar-refractivity contribution is -0.118. The van der Waals surface area contributed by atoms with E-state index in [4.69, 9.17) is 0 Å². The average molecular weight is 181 g/mol. The van der Waals surface area contributed by atoms with Gasteiger partial charge in [-0.3, -0.25) is 4.79 Å². The maximum Gasteiger partial charge on any atom is 0.144 e. The Bertz CT molecular complexity index is 198. The molecule has 0 aromatic rings. The van der Waals surface area contributed by atoms with Crippen LogP contribution in [0.5, 0.6) is 0 Å². The van der Waals surface area contributed by atoms with Gasteiger partial charge in [0.15, 0.2) is 0 Å². The Hall–Kier alpha value is -0.810. The molecule has 0 radical (unpaired) electrons. The minimum atomic E-state index is 0.250. The Morgan fingerprint density at radius 1 is 1.46 bits per heavy atom. The summed E-state index contributed by atoms with van der Waals surface area (Å²) in [4.78, 5) is 11.1. The first kappa shape index (κ1) is 12.2. The van der Waals surface area contributed by atoms with Crippen molar-refractivity contribution in [3.05, 3.63) is 0 Å². The largest absolute Gasteiger partial charge is 0.315 e. The van der Waals surface area contributed by atoms with Gasteiger partial charge in [0.05, 0.1) is 6.42 Å². The second-order valence-corrected chi connectivity index (χ2v) is 3.35. The molecular formula is C11H19NO. The minimum Gasteiger partial charge on any atom is -0.315 e. The molecule has 0 spiro atoms. The van der Waals surface area contributed by atoms with Gasteiger partial charge in [-0.25, -0.2) is 0 Å². The SMILES string of the molecule is CC#CCC(=O)CCCNC(C)C. The Kier molecular flexibility index (Phi) is 7.33. The predicted octanol–water partition coefficient (Wildman–Crippen LogP) is 1.75. The molecule has 0 aliphatic rings. The Labute approximate surface area is 81.1 Å². The zero-order valence-electron chi connectivity index (χ0n) is 8.81. The standard InChI is InChI=1S/C11H19NO/c1-4-5-7-11(13)8-6-9-12-10(2)3/h10,12H,6-9H2,1-3H3. The number of nitrogens with one attached hydrogen (secondary N) is 1. The number of carbonyl (C=O) groups is 1. The fourth-order valence-electron chi connectivity index (χ4n) is 0.952. The molecule has 0 saturated carbocycles. The molecule has 2 nitrogen and oxygen atoms in total. The van der Waals surface area contributed by atoms with Gasteiger partial charge in [0.25, 0.3) is 0 Å². The van der Waals surface area contributed by atoms with Crippen LogP contribution in [0.4, 0.5) is 0 Å². The second-order valence-electron chi connectivity index (χ2n) is 3.35. The molecule has 1 N–H and O–H groups in total. The molecule has 0 bridgehead atoms. The lowest BCUT2D eigenvalue weighted by atomic mass is 10.1. The number of rotatable bonds is 6. The van der Waals surface area contributed by atoms with Crippen LogP contribution in [-0.4, -0.2) is 18.4 Å². The van der Waals surface area contributed by atoms with Crippen molar-refractivity contribution < 1.29 is 4.79 Å². The molecule has 0 fully saturated rings. The zero-order valence-corrected chi connectivity index (χ0v) is 8.81. The molecule has 0 aliphatic heterocycles. The van der Waals surface area contributed by atoms with Crippen molar-refractivity contribution in [3.63, 3.8) is 0 Å². The van der Waals surface area contributed by atoms with Crippen LogP contribution in [0, 0.1) is 11.8 Å². The third kappa shape index (κ3) is 9.10. The zero-order chi connectivity index (χ0) is 10.1. The van der Waals surface area contributed by atoms with Crippen LogP contribution in [-0.2, 0) is 4.79 Å². The molecule has 74 valence electrons. The summed E-state index contributed by atoms with van der Waals surface area (Å²) >= 11 is 0. The predicted molar refractivity (Wildman–Crippen MR) is 55.4 cm³/mol. The molecule has 0 atom stereocenters. The number of ketones is 1. The van der Waals surface area contributed by atoms with Crippen molar-refractivity contribution in [1.82, 2.24) is 5.32 Å². The molecular weight excluding hydrogens is 162 g/mol. The number of Topliss-reactive ketones (excluding diaryl/α,β-unsaturated/α-hetero) is 1. The maximum absolute atomic E-state index is 11.1. The lowest BCUT2D eigenvalue weighted by Gasteiger charge is -2.06. The smallest absolute Gasteiger partial charge is 0.144 e. The van der Waals surface area contributed by atoms with E-state index in [1.54, 1.807) is 6.92 Å². The molecule has 0 rings (SSSR count). The van der Waals surface area contributed by atoms with Crippen molar-refractivity contribution in [2.75, 3.05) is 6.54 Å². The normalized spacial score (nSPS) is 9.54. The molecule has 0 aromatic heterocycles. The maximum atomic E-state index is 11.1. The average Bonchev–Trinajstić information content (AvgIpc) is 2.08. The molecule has 13 heavy (non-hydrogen) atoms. The van der Waals surface area contributed by atoms with Gasteiger partial charge in [0, 0.05) is 12.5 Å². The molecule has 2 heteroatoms. The van der Waals surface area contributed by atoms with Crippen LogP contribution in [0.25, 0.3) is 0 Å². The summed E-state index contributed by atoms with van der Waals surface area (Å²) in [5, 5.41) is 3.27. The molecule has 0 aliphatic carbocycles. The minimum absolute atomic E-state index is 0.250. The number of hydrogen-bond acceptors (Lipinski definition) is 2. The van der Waals surface area contributed by atoms with Crippen LogP contribution in [0.1, 0.15) is 40.0 Å². The van der Waals surface area contributed by atoms with E-state index in [2.05, 4.69) is 31.0 Å². The molecule has 0 unspecified atom stereocenters. The van der Waals surface area contributed by atoms with Crippen LogP contribution >= 0.6 is 0 Å². The van der Waals surface area contributed by atoms with Crippen LogP contribution in [0.15, 0.2) is 0 Å². The van der Waals surface area contributed by atoms with Gasteiger partial charge >= 0.3 is 0 Å². The lowest BCUT2D eigenvalue weighted by Crippen LogP contribution is -2.24. The van der Waals surface area contributed by atoms with Gasteiger partial charge in [0.1, 0.15) is 5.78 Å². The van der Waals surface area contributed by atoms with Gasteiger partial charge in [0.2, 0.25) is 0 Å². The Morgan fingerprint density at radius 2 is 2.15 bits per heavy atom. The highest BCUT2D eigenvalue weighted by molar-refractivity contribution is 5.80. The van der Waals surface area contributed by atoms with Crippen molar-refractivity contribution >= 4 is 5.78 Å². The summed E-state index contributed by atoms with van der Waals surface area (Å²) in [7, 11) is 0. The first-order valence-electron chi connectivity index (χ1n) is 4.81. The van der Waals surface area contributed by atoms with Crippen molar-refractivity contribution in [2.45, 2.75) is 46.1 Å². The second kappa shape index (κ2) is 7.82. The fourth-order valence-corrected chi connectivity index (χ4v) is 0.952. The first-order valence-corrected chi connectivity index (χ1v) is 4.81. The summed E-state index contributed by atoms with van der Waals surface area (Å²) in [6, 6.07) is 0.505. The van der Waals surface area contributed by atoms with Gasteiger partial charge in [-0.2, -0.15) is 0 Å². The highest BCUT2D eigenvalue weighted by Gasteiger charge is 1.99. The van der Waals surface area contributed by atoms with Gasteiger partial charge < -0.3 is 5.32 Å². The van der Waals surface area contributed by atoms with Crippen LogP contribution in [0.2, 0.25) is 0 Å². The summed E-state index contributed by atoms with van der Waals surface area (Å²) in [5.41, 5.74) is 0. The van der Waals surface area contributed by atoms with E-state index in [-0.39, 0.29) is 5.78 Å². The third-order valence-corrected chi connectivity index (χ3v) is 1.65. The van der Waals surface area contributed by atoms with Crippen molar-refractivity contribution in [3.8, 4) is 11.8 Å². The fraction of sp³-hybridized carbons (Fsp3) is 0.727. The van der Waals surface area contributed by atoms with E-state index in [1.807, 2.05) is 0 Å². The van der Waals surface area contributed by atoms with E-state index in [1.165, 1.54) is 0 Å². The van der Waals surface area contributed by atoms with E-state index in [0.717, 1.165) is 13.0 Å². The summed E-state index contributed by atoms with van der Waals surface area (Å²) in [5.74, 6) is 5.75. The number of hydrogen-bond donors (Lipinski definition) is 1. The highest BCUT2D eigenvalue weighted by Crippen LogP contribution is 1.93. The van der Waals surface area contributed by atoms with Crippen LogP contribution < -0.4 is 5.32 Å². The van der Waals surface area contributed by atoms with Crippen LogP contribution in [0.3, 0.4) is 0 Å². The topological polar surface area (TPSA) is 29.1 Å². The quantitative estimate of drug-likeness (QED) is 0.499. The Morgan fingerprint density at radius 3 is 2.69 bits per heavy atom. The Balaban J connectivity index is 3.30. The summed E-state index contributed by atoms with van der Waals surface area (Å²) in [6.07, 6.45) is 1.98. The number of carbonyl (C=O) groups excluding carboxylic acids is 1. The van der Waals surface area contributed by atoms with Gasteiger partial charge in [-0.05, 0) is 19.9 Å². The van der Waals surface area contributed by atoms with E-state index >= 15 is 0 Å².